The fourth-order valence-electron chi connectivity index (χ4n) is 2.77. The van der Waals surface area contributed by atoms with Gasteiger partial charge in [0.1, 0.15) is 5.75 Å². The van der Waals surface area contributed by atoms with Gasteiger partial charge < -0.3 is 14.5 Å². The smallest absolute Gasteiger partial charge is 0.379 e. The summed E-state index contributed by atoms with van der Waals surface area (Å²) in [5.41, 5.74) is 0.546. The van der Waals surface area contributed by atoms with Crippen molar-refractivity contribution >= 4 is 21.9 Å². The van der Waals surface area contributed by atoms with Crippen LogP contribution in [0.3, 0.4) is 0 Å². The van der Waals surface area contributed by atoms with Gasteiger partial charge in [-0.2, -0.15) is 0 Å². The number of ether oxygens (including phenoxy) is 1. The normalized spacial score (nSPS) is 11.7. The average Bonchev–Trinajstić information content (AvgIpc) is 3.23. The Labute approximate surface area is 186 Å². The maximum Gasteiger partial charge on any atom is 0.379 e. The van der Waals surface area contributed by atoms with E-state index in [2.05, 4.69) is 10.0 Å². The van der Waals surface area contributed by atoms with Gasteiger partial charge in [0, 0.05) is 17.6 Å². The van der Waals surface area contributed by atoms with E-state index in [4.69, 9.17) is 9.15 Å². The zero-order valence-corrected chi connectivity index (χ0v) is 18.7. The zero-order valence-electron chi connectivity index (χ0n) is 17.9. The Bertz CT molecular complexity index is 1210. The highest BCUT2D eigenvalue weighted by molar-refractivity contribution is 7.89. The minimum Gasteiger partial charge on any atom is -0.436 e. The molecule has 0 bridgehead atoms. The van der Waals surface area contributed by atoms with E-state index < -0.39 is 26.6 Å². The molecular formula is C23H24N2O6S. The Morgan fingerprint density at radius 1 is 0.969 bits per heavy atom. The molecule has 0 aliphatic carbocycles. The van der Waals surface area contributed by atoms with Crippen LogP contribution in [0.4, 0.5) is 0 Å². The average molecular weight is 457 g/mol. The van der Waals surface area contributed by atoms with Gasteiger partial charge in [-0.25, -0.2) is 17.9 Å². The van der Waals surface area contributed by atoms with Crippen molar-refractivity contribution in [1.29, 1.82) is 0 Å². The highest BCUT2D eigenvalue weighted by Gasteiger charge is 2.26. The molecular weight excluding hydrogens is 432 g/mol. The molecule has 3 rings (SSSR count). The number of rotatable bonds is 7. The summed E-state index contributed by atoms with van der Waals surface area (Å²) in [6.07, 6.45) is 0. The SMILES string of the molecule is CC(C)(C)NS(=O)(=O)c1ccc(C(=O)Oc2cccc(C(=O)NCc3ccccc3)c2)o1. The number of carbonyl (C=O) groups excluding carboxylic acids is 2. The molecule has 3 aromatic rings. The third-order valence-electron chi connectivity index (χ3n) is 4.09. The Kier molecular flexibility index (Phi) is 6.81. The van der Waals surface area contributed by atoms with E-state index in [1.54, 1.807) is 32.9 Å². The second-order valence-corrected chi connectivity index (χ2v) is 9.67. The minimum atomic E-state index is -3.93. The molecule has 0 aliphatic rings. The monoisotopic (exact) mass is 456 g/mol. The third kappa shape index (κ3) is 6.29. The number of benzene rings is 2. The highest BCUT2D eigenvalue weighted by Crippen LogP contribution is 2.20. The van der Waals surface area contributed by atoms with Crippen molar-refractivity contribution in [2.45, 2.75) is 37.9 Å². The summed E-state index contributed by atoms with van der Waals surface area (Å²) in [5, 5.41) is 2.40. The summed E-state index contributed by atoms with van der Waals surface area (Å²) < 4.78 is 37.5. The molecule has 1 aromatic heterocycles. The van der Waals surface area contributed by atoms with Crippen molar-refractivity contribution in [3.05, 3.63) is 83.6 Å². The predicted octanol–water partition coefficient (Wildman–Crippen LogP) is 3.51. The Morgan fingerprint density at radius 3 is 2.38 bits per heavy atom. The molecule has 2 N–H and O–H groups in total. The first-order valence-electron chi connectivity index (χ1n) is 9.82. The van der Waals surface area contributed by atoms with Crippen molar-refractivity contribution in [2.24, 2.45) is 0 Å². The van der Waals surface area contributed by atoms with Crippen LogP contribution in [0.25, 0.3) is 0 Å². The maximum atomic E-state index is 12.4. The van der Waals surface area contributed by atoms with E-state index in [9.17, 15) is 18.0 Å². The van der Waals surface area contributed by atoms with Crippen molar-refractivity contribution in [3.8, 4) is 5.75 Å². The Morgan fingerprint density at radius 2 is 1.69 bits per heavy atom. The molecule has 0 spiro atoms. The standard InChI is InChI=1S/C23H24N2O6S/c1-23(2,3)25-32(28,29)20-13-12-19(31-20)22(27)30-18-11-7-10-17(14-18)21(26)24-15-16-8-5-4-6-9-16/h4-14,25H,15H2,1-3H3,(H,24,26). The fraction of sp³-hybridized carbons (Fsp3) is 0.217. The lowest BCUT2D eigenvalue weighted by molar-refractivity contribution is 0.0694. The fourth-order valence-corrected chi connectivity index (χ4v) is 4.12. The number of furan rings is 1. The van der Waals surface area contributed by atoms with E-state index >= 15 is 0 Å². The molecule has 8 nitrogen and oxygen atoms in total. The van der Waals surface area contributed by atoms with Crippen LogP contribution >= 0.6 is 0 Å². The molecule has 0 radical (unpaired) electrons. The van der Waals surface area contributed by atoms with Crippen molar-refractivity contribution in [1.82, 2.24) is 10.0 Å². The van der Waals surface area contributed by atoms with Crippen LogP contribution in [-0.2, 0) is 16.6 Å². The first-order valence-corrected chi connectivity index (χ1v) is 11.3. The molecule has 2 aromatic carbocycles. The van der Waals surface area contributed by atoms with E-state index in [-0.39, 0.29) is 17.4 Å². The van der Waals surface area contributed by atoms with Crippen LogP contribution in [0.15, 0.2) is 76.2 Å². The molecule has 1 amide bonds. The summed E-state index contributed by atoms with van der Waals surface area (Å²) in [6.45, 7) is 5.42. The van der Waals surface area contributed by atoms with Crippen LogP contribution in [-0.4, -0.2) is 25.8 Å². The number of nitrogens with one attached hydrogen (secondary N) is 2. The van der Waals surface area contributed by atoms with Gasteiger partial charge in [-0.1, -0.05) is 36.4 Å². The molecule has 0 atom stereocenters. The van der Waals surface area contributed by atoms with Gasteiger partial charge >= 0.3 is 5.97 Å². The zero-order chi connectivity index (χ0) is 23.4. The molecule has 32 heavy (non-hydrogen) atoms. The summed E-state index contributed by atoms with van der Waals surface area (Å²) in [7, 11) is -3.93. The largest absolute Gasteiger partial charge is 0.436 e. The Hall–Kier alpha value is -3.43. The van der Waals surface area contributed by atoms with Crippen LogP contribution in [0.5, 0.6) is 5.75 Å². The first-order chi connectivity index (χ1) is 15.0. The molecule has 0 unspecified atom stereocenters. The van der Waals surface area contributed by atoms with E-state index in [1.807, 2.05) is 30.3 Å². The summed E-state index contributed by atoms with van der Waals surface area (Å²) in [6, 6.07) is 17.9. The van der Waals surface area contributed by atoms with Gasteiger partial charge in [-0.15, -0.1) is 0 Å². The molecule has 0 aliphatic heterocycles. The number of amides is 1. The molecule has 9 heteroatoms. The van der Waals surface area contributed by atoms with Gasteiger partial charge in [0.2, 0.25) is 10.9 Å². The molecule has 0 fully saturated rings. The maximum absolute atomic E-state index is 12.4. The van der Waals surface area contributed by atoms with Crippen LogP contribution in [0.2, 0.25) is 0 Å². The van der Waals surface area contributed by atoms with Crippen LogP contribution in [0.1, 0.15) is 47.2 Å². The number of sulfonamides is 1. The summed E-state index contributed by atoms with van der Waals surface area (Å²) >= 11 is 0. The lowest BCUT2D eigenvalue weighted by atomic mass is 10.1. The lowest BCUT2D eigenvalue weighted by Gasteiger charge is -2.18. The molecule has 1 heterocycles. The number of hydrogen-bond donors (Lipinski definition) is 2. The summed E-state index contributed by atoms with van der Waals surface area (Å²) in [5.74, 6) is -1.37. The third-order valence-corrected chi connectivity index (χ3v) is 5.72. The highest BCUT2D eigenvalue weighted by atomic mass is 32.2. The van der Waals surface area contributed by atoms with Crippen molar-refractivity contribution in [3.63, 3.8) is 0 Å². The second kappa shape index (κ2) is 9.37. The van der Waals surface area contributed by atoms with E-state index in [0.29, 0.717) is 12.1 Å². The number of hydrogen-bond acceptors (Lipinski definition) is 6. The topological polar surface area (TPSA) is 115 Å². The first kappa shape index (κ1) is 23.2. The lowest BCUT2D eigenvalue weighted by Crippen LogP contribution is -2.40. The van der Waals surface area contributed by atoms with E-state index in [1.165, 1.54) is 24.3 Å². The van der Waals surface area contributed by atoms with Crippen LogP contribution < -0.4 is 14.8 Å². The van der Waals surface area contributed by atoms with Gasteiger partial charge in [0.15, 0.2) is 0 Å². The number of carbonyl (C=O) groups is 2. The van der Waals surface area contributed by atoms with Gasteiger partial charge in [-0.3, -0.25) is 4.79 Å². The minimum absolute atomic E-state index is 0.121. The quantitative estimate of drug-likeness (QED) is 0.415. The van der Waals surface area contributed by atoms with Crippen LogP contribution in [0, 0.1) is 0 Å². The van der Waals surface area contributed by atoms with Crippen molar-refractivity contribution in [2.75, 3.05) is 0 Å². The summed E-state index contributed by atoms with van der Waals surface area (Å²) in [4.78, 5) is 24.8. The Balaban J connectivity index is 1.66. The van der Waals surface area contributed by atoms with Gasteiger partial charge in [-0.05, 0) is 56.7 Å². The van der Waals surface area contributed by atoms with E-state index in [0.717, 1.165) is 5.56 Å². The molecule has 0 saturated heterocycles. The van der Waals surface area contributed by atoms with Gasteiger partial charge in [0.25, 0.3) is 15.9 Å². The molecule has 168 valence electrons. The second-order valence-electron chi connectivity index (χ2n) is 8.06. The van der Waals surface area contributed by atoms with Crippen molar-refractivity contribution < 1.29 is 27.2 Å². The predicted molar refractivity (Wildman–Crippen MR) is 118 cm³/mol. The number of esters is 1. The van der Waals surface area contributed by atoms with Gasteiger partial charge in [0.05, 0.1) is 0 Å². The molecule has 0 saturated carbocycles.